The van der Waals surface area contributed by atoms with Gasteiger partial charge in [0, 0.05) is 6.61 Å². The standard InChI is InChI=1S/C6H11NO2/c8-5-1-3-7-4-2-6-9/h7-9H,1,3-5H2. The summed E-state index contributed by atoms with van der Waals surface area (Å²) in [6.07, 6.45) is 2.50. The predicted molar refractivity (Wildman–Crippen MR) is 34.3 cm³/mol. The Labute approximate surface area is 54.7 Å². The number of aliphatic hydroxyl groups excluding tert-OH is 2. The molecule has 0 aliphatic carbocycles. The molecule has 0 fully saturated rings. The molecule has 0 unspecified atom stereocenters. The highest BCUT2D eigenvalue weighted by Crippen LogP contribution is 1.69. The molecule has 0 amide bonds. The van der Waals surface area contributed by atoms with Gasteiger partial charge in [0.1, 0.15) is 6.11 Å². The van der Waals surface area contributed by atoms with Crippen LogP contribution >= 0.6 is 0 Å². The smallest absolute Gasteiger partial charge is 0.108 e. The molecule has 0 spiro atoms. The highest BCUT2D eigenvalue weighted by Gasteiger charge is 1.80. The molecule has 9 heavy (non-hydrogen) atoms. The molecule has 0 aromatic carbocycles. The second kappa shape index (κ2) is 7.28. The fourth-order valence-electron chi connectivity index (χ4n) is 0.394. The Morgan fingerprint density at radius 1 is 1.44 bits per heavy atom. The Hall–Kier alpha value is -0.720. The first-order valence-electron chi connectivity index (χ1n) is 2.85. The van der Waals surface area contributed by atoms with E-state index in [1.54, 1.807) is 6.11 Å². The minimum atomic E-state index is 0.194. The molecule has 52 valence electrons. The van der Waals surface area contributed by atoms with Crippen LogP contribution in [0.25, 0.3) is 0 Å². The van der Waals surface area contributed by atoms with Gasteiger partial charge < -0.3 is 15.5 Å². The summed E-state index contributed by atoms with van der Waals surface area (Å²) in [4.78, 5) is 0. The van der Waals surface area contributed by atoms with E-state index in [0.29, 0.717) is 6.54 Å². The number of hydrogen-bond donors (Lipinski definition) is 3. The van der Waals surface area contributed by atoms with Gasteiger partial charge in [0.05, 0.1) is 6.54 Å². The molecular weight excluding hydrogens is 118 g/mol. The summed E-state index contributed by atoms with van der Waals surface area (Å²) in [7, 11) is 0. The maximum atomic E-state index is 8.30. The van der Waals surface area contributed by atoms with Gasteiger partial charge in [-0.05, 0) is 18.9 Å². The molecule has 0 saturated carbocycles. The quantitative estimate of drug-likeness (QED) is 0.347. The molecule has 3 heteroatoms. The van der Waals surface area contributed by atoms with Crippen molar-refractivity contribution in [1.29, 1.82) is 0 Å². The van der Waals surface area contributed by atoms with Crippen molar-refractivity contribution < 1.29 is 10.2 Å². The number of nitrogens with one attached hydrogen (secondary N) is 1. The van der Waals surface area contributed by atoms with Gasteiger partial charge in [-0.25, -0.2) is 0 Å². The third kappa shape index (κ3) is 7.28. The molecule has 0 aliphatic heterocycles. The van der Waals surface area contributed by atoms with Crippen molar-refractivity contribution >= 4 is 0 Å². The molecule has 0 aliphatic rings. The van der Waals surface area contributed by atoms with Crippen LogP contribution in [0.3, 0.4) is 0 Å². The van der Waals surface area contributed by atoms with Gasteiger partial charge in [-0.2, -0.15) is 0 Å². The van der Waals surface area contributed by atoms with Crippen LogP contribution in [-0.2, 0) is 0 Å². The van der Waals surface area contributed by atoms with Gasteiger partial charge in [0.25, 0.3) is 0 Å². The van der Waals surface area contributed by atoms with E-state index in [9.17, 15) is 0 Å². The lowest BCUT2D eigenvalue weighted by atomic mass is 10.4. The second-order valence-electron chi connectivity index (χ2n) is 1.54. The molecule has 0 saturated heterocycles. The van der Waals surface area contributed by atoms with Crippen molar-refractivity contribution in [1.82, 2.24) is 5.32 Å². The van der Waals surface area contributed by atoms with E-state index in [0.717, 1.165) is 13.0 Å². The first-order valence-corrected chi connectivity index (χ1v) is 2.85. The van der Waals surface area contributed by atoms with Crippen LogP contribution in [0.4, 0.5) is 0 Å². The van der Waals surface area contributed by atoms with Crippen molar-refractivity contribution in [2.45, 2.75) is 6.42 Å². The largest absolute Gasteiger partial charge is 0.462 e. The van der Waals surface area contributed by atoms with Crippen LogP contribution in [0.15, 0.2) is 0 Å². The molecule has 3 nitrogen and oxygen atoms in total. The SMILES string of the molecule is OC#CCNCCCO. The van der Waals surface area contributed by atoms with Crippen LogP contribution in [0.2, 0.25) is 0 Å². The van der Waals surface area contributed by atoms with Gasteiger partial charge >= 0.3 is 0 Å². The monoisotopic (exact) mass is 129 g/mol. The molecule has 0 bridgehead atoms. The Morgan fingerprint density at radius 3 is 2.78 bits per heavy atom. The van der Waals surface area contributed by atoms with Gasteiger partial charge in [0.2, 0.25) is 0 Å². The van der Waals surface area contributed by atoms with Gasteiger partial charge in [-0.3, -0.25) is 0 Å². The summed E-state index contributed by atoms with van der Waals surface area (Å²) in [5, 5.41) is 19.2. The predicted octanol–water partition coefficient (Wildman–Crippen LogP) is -0.708. The molecular formula is C6H11NO2. The van der Waals surface area contributed by atoms with E-state index >= 15 is 0 Å². The average Bonchev–Trinajstić information content (AvgIpc) is 1.89. The highest BCUT2D eigenvalue weighted by atomic mass is 16.3. The van der Waals surface area contributed by atoms with Crippen LogP contribution in [0.1, 0.15) is 6.42 Å². The van der Waals surface area contributed by atoms with Crippen LogP contribution in [-0.4, -0.2) is 29.9 Å². The summed E-state index contributed by atoms with van der Waals surface area (Å²) in [5.74, 6) is 2.42. The van der Waals surface area contributed by atoms with E-state index in [-0.39, 0.29) is 6.61 Å². The molecule has 0 aromatic rings. The van der Waals surface area contributed by atoms with E-state index in [1.807, 2.05) is 0 Å². The summed E-state index contributed by atoms with van der Waals surface area (Å²) >= 11 is 0. The number of rotatable bonds is 4. The third-order valence-electron chi connectivity index (χ3n) is 0.804. The molecule has 0 rings (SSSR count). The van der Waals surface area contributed by atoms with Gasteiger partial charge in [-0.15, -0.1) is 0 Å². The van der Waals surface area contributed by atoms with Crippen molar-refractivity contribution in [3.8, 4) is 12.0 Å². The molecule has 0 aromatic heterocycles. The maximum Gasteiger partial charge on any atom is 0.108 e. The van der Waals surface area contributed by atoms with Crippen LogP contribution in [0.5, 0.6) is 0 Å². The Bertz CT molecular complexity index is 103. The fourth-order valence-corrected chi connectivity index (χ4v) is 0.394. The molecule has 0 heterocycles. The summed E-state index contributed by atoms with van der Waals surface area (Å²) < 4.78 is 0. The fraction of sp³-hybridized carbons (Fsp3) is 0.667. The van der Waals surface area contributed by atoms with Gasteiger partial charge in [-0.1, -0.05) is 0 Å². The summed E-state index contributed by atoms with van der Waals surface area (Å²) in [6.45, 7) is 1.42. The van der Waals surface area contributed by atoms with E-state index in [4.69, 9.17) is 10.2 Å². The first-order chi connectivity index (χ1) is 4.41. The minimum absolute atomic E-state index is 0.194. The van der Waals surface area contributed by atoms with E-state index in [1.165, 1.54) is 0 Å². The maximum absolute atomic E-state index is 8.30. The van der Waals surface area contributed by atoms with E-state index in [2.05, 4.69) is 11.2 Å². The highest BCUT2D eigenvalue weighted by molar-refractivity contribution is 4.91. The number of aliphatic hydroxyl groups is 2. The Morgan fingerprint density at radius 2 is 2.22 bits per heavy atom. The molecule has 0 atom stereocenters. The normalized spacial score (nSPS) is 8.11. The van der Waals surface area contributed by atoms with Crippen molar-refractivity contribution in [2.24, 2.45) is 0 Å². The zero-order chi connectivity index (χ0) is 6.95. The number of hydrogen-bond acceptors (Lipinski definition) is 3. The zero-order valence-corrected chi connectivity index (χ0v) is 5.22. The average molecular weight is 129 g/mol. The first kappa shape index (κ1) is 8.28. The lowest BCUT2D eigenvalue weighted by Crippen LogP contribution is -2.16. The van der Waals surface area contributed by atoms with Crippen LogP contribution < -0.4 is 5.32 Å². The summed E-state index contributed by atoms with van der Waals surface area (Å²) in [5.41, 5.74) is 0. The summed E-state index contributed by atoms with van der Waals surface area (Å²) in [6, 6.07) is 0. The molecule has 3 N–H and O–H groups in total. The van der Waals surface area contributed by atoms with E-state index < -0.39 is 0 Å². The lowest BCUT2D eigenvalue weighted by Gasteiger charge is -1.94. The lowest BCUT2D eigenvalue weighted by molar-refractivity contribution is 0.287. The van der Waals surface area contributed by atoms with Gasteiger partial charge in [0.15, 0.2) is 0 Å². The minimum Gasteiger partial charge on any atom is -0.462 e. The third-order valence-corrected chi connectivity index (χ3v) is 0.804. The van der Waals surface area contributed by atoms with Crippen LogP contribution in [0, 0.1) is 12.0 Å². The Kier molecular flexibility index (Phi) is 6.70. The van der Waals surface area contributed by atoms with Crippen molar-refractivity contribution in [3.05, 3.63) is 0 Å². The zero-order valence-electron chi connectivity index (χ0n) is 5.22. The topological polar surface area (TPSA) is 52.5 Å². The second-order valence-corrected chi connectivity index (χ2v) is 1.54. The Balaban J connectivity index is 2.80. The molecule has 0 radical (unpaired) electrons. The van der Waals surface area contributed by atoms with Crippen molar-refractivity contribution in [3.63, 3.8) is 0 Å². The van der Waals surface area contributed by atoms with Crippen molar-refractivity contribution in [2.75, 3.05) is 19.7 Å².